The minimum absolute atomic E-state index is 0.896. The lowest BCUT2D eigenvalue weighted by atomic mass is 9.96. The first-order chi connectivity index (χ1) is 25.3. The lowest BCUT2D eigenvalue weighted by molar-refractivity contribution is 0.670. The predicted octanol–water partition coefficient (Wildman–Crippen LogP) is 12.5. The highest BCUT2D eigenvalue weighted by atomic mass is 16.3. The minimum Gasteiger partial charge on any atom is -0.455 e. The van der Waals surface area contributed by atoms with Gasteiger partial charge in [-0.25, -0.2) is 4.98 Å². The molecule has 0 saturated carbocycles. The molecule has 4 aromatic heterocycles. The van der Waals surface area contributed by atoms with E-state index < -0.39 is 0 Å². The van der Waals surface area contributed by atoms with E-state index in [1.165, 1.54) is 32.6 Å². The standard InChI is InChI=1S/C47H29N3O/c1-3-12-30(13-4-1)46-45(48-42-20-9-10-27-49(42)46)34-24-22-31-28-33(23-21-32(31)29-34)36-17-11-18-38-44-41(51-47(36)38)26-25-40-43(44)37-16-7-8-19-39(37)50(40)35-14-5-2-6-15-35/h1-29H. The molecule has 4 heteroatoms. The van der Waals surface area contributed by atoms with Crippen molar-refractivity contribution in [2.45, 2.75) is 0 Å². The average Bonchev–Trinajstić information content (AvgIpc) is 3.88. The molecule has 0 aliphatic heterocycles. The van der Waals surface area contributed by atoms with E-state index >= 15 is 0 Å². The number of benzene rings is 7. The van der Waals surface area contributed by atoms with E-state index in [-0.39, 0.29) is 0 Å². The predicted molar refractivity (Wildman–Crippen MR) is 211 cm³/mol. The molecule has 238 valence electrons. The van der Waals surface area contributed by atoms with E-state index in [2.05, 4.69) is 179 Å². The van der Waals surface area contributed by atoms with Gasteiger partial charge in [0.25, 0.3) is 0 Å². The smallest absolute Gasteiger partial charge is 0.143 e. The summed E-state index contributed by atoms with van der Waals surface area (Å²) in [5.41, 5.74) is 12.8. The van der Waals surface area contributed by atoms with Crippen LogP contribution in [0.25, 0.3) is 99.5 Å². The van der Waals surface area contributed by atoms with Gasteiger partial charge in [-0.1, -0.05) is 115 Å². The number of imidazole rings is 1. The van der Waals surface area contributed by atoms with Crippen LogP contribution >= 0.6 is 0 Å². The molecule has 0 amide bonds. The van der Waals surface area contributed by atoms with Crippen LogP contribution in [0.2, 0.25) is 0 Å². The summed E-state index contributed by atoms with van der Waals surface area (Å²) in [7, 11) is 0. The summed E-state index contributed by atoms with van der Waals surface area (Å²) < 4.78 is 11.3. The maximum atomic E-state index is 6.76. The van der Waals surface area contributed by atoms with Gasteiger partial charge in [-0.15, -0.1) is 0 Å². The maximum absolute atomic E-state index is 6.76. The van der Waals surface area contributed by atoms with Gasteiger partial charge in [0.05, 0.1) is 22.4 Å². The van der Waals surface area contributed by atoms with Gasteiger partial charge in [0, 0.05) is 50.1 Å². The number of hydrogen-bond donors (Lipinski definition) is 0. The van der Waals surface area contributed by atoms with Crippen LogP contribution < -0.4 is 0 Å². The molecule has 0 atom stereocenters. The third-order valence-corrected chi connectivity index (χ3v) is 10.3. The minimum atomic E-state index is 0.896. The van der Waals surface area contributed by atoms with Gasteiger partial charge >= 0.3 is 0 Å². The molecule has 0 unspecified atom stereocenters. The largest absolute Gasteiger partial charge is 0.455 e. The van der Waals surface area contributed by atoms with E-state index in [9.17, 15) is 0 Å². The Morgan fingerprint density at radius 3 is 2.08 bits per heavy atom. The monoisotopic (exact) mass is 651 g/mol. The van der Waals surface area contributed by atoms with Crippen molar-refractivity contribution in [2.24, 2.45) is 0 Å². The summed E-state index contributed by atoms with van der Waals surface area (Å²) in [6, 6.07) is 60.2. The third kappa shape index (κ3) is 4.17. The van der Waals surface area contributed by atoms with E-state index in [0.717, 1.165) is 66.9 Å². The Bertz CT molecular complexity index is 3130. The number of hydrogen-bond acceptors (Lipinski definition) is 2. The number of para-hydroxylation sites is 3. The fourth-order valence-corrected chi connectivity index (χ4v) is 8.06. The van der Waals surface area contributed by atoms with Gasteiger partial charge in [0.2, 0.25) is 0 Å². The SMILES string of the molecule is c1ccc(-c2c(-c3ccc4cc(-c5cccc6c5oc5ccc7c(c8ccccc8n7-c7ccccc7)c56)ccc4c3)nc3ccccn23)cc1. The zero-order valence-corrected chi connectivity index (χ0v) is 27.5. The molecule has 51 heavy (non-hydrogen) atoms. The lowest BCUT2D eigenvalue weighted by Gasteiger charge is -2.09. The third-order valence-electron chi connectivity index (χ3n) is 10.3. The van der Waals surface area contributed by atoms with E-state index in [0.29, 0.717) is 0 Å². The van der Waals surface area contributed by atoms with Crippen molar-refractivity contribution >= 4 is 60.2 Å². The van der Waals surface area contributed by atoms with Crippen molar-refractivity contribution in [2.75, 3.05) is 0 Å². The highest BCUT2D eigenvalue weighted by Crippen LogP contribution is 2.44. The van der Waals surface area contributed by atoms with Crippen LogP contribution in [-0.2, 0) is 0 Å². The first-order valence-electron chi connectivity index (χ1n) is 17.3. The van der Waals surface area contributed by atoms with Crippen molar-refractivity contribution in [3.05, 3.63) is 176 Å². The normalized spacial score (nSPS) is 11.9. The fourth-order valence-electron chi connectivity index (χ4n) is 8.06. The number of pyridine rings is 1. The second kappa shape index (κ2) is 10.8. The van der Waals surface area contributed by atoms with Gasteiger partial charge in [0.15, 0.2) is 0 Å². The first kappa shape index (κ1) is 28.0. The molecule has 11 rings (SSSR count). The Balaban J connectivity index is 1.07. The highest BCUT2D eigenvalue weighted by Gasteiger charge is 2.21. The Morgan fingerprint density at radius 1 is 0.490 bits per heavy atom. The summed E-state index contributed by atoms with van der Waals surface area (Å²) in [6.07, 6.45) is 2.09. The molecule has 0 saturated heterocycles. The zero-order chi connectivity index (χ0) is 33.5. The molecule has 11 aromatic rings. The Labute approximate surface area is 293 Å². The molecule has 0 bridgehead atoms. The molecule has 0 fully saturated rings. The Morgan fingerprint density at radius 2 is 1.22 bits per heavy atom. The summed E-state index contributed by atoms with van der Waals surface area (Å²) in [6.45, 7) is 0. The number of furan rings is 1. The average molecular weight is 652 g/mol. The second-order valence-electron chi connectivity index (χ2n) is 13.2. The number of rotatable bonds is 4. The number of aromatic nitrogens is 3. The zero-order valence-electron chi connectivity index (χ0n) is 27.5. The summed E-state index contributed by atoms with van der Waals surface area (Å²) in [5, 5.41) is 7.05. The van der Waals surface area contributed by atoms with Crippen LogP contribution in [0.15, 0.2) is 180 Å². The number of nitrogens with zero attached hydrogens (tertiary/aromatic N) is 3. The molecular formula is C47H29N3O. The van der Waals surface area contributed by atoms with Crippen LogP contribution in [0.1, 0.15) is 0 Å². The van der Waals surface area contributed by atoms with E-state index in [1.54, 1.807) is 0 Å². The Hall–Kier alpha value is -6.91. The molecule has 7 aromatic carbocycles. The van der Waals surface area contributed by atoms with Gasteiger partial charge in [0.1, 0.15) is 16.8 Å². The Kier molecular flexibility index (Phi) is 5.92. The number of fused-ring (bicyclic) bond motifs is 9. The molecule has 4 nitrogen and oxygen atoms in total. The van der Waals surface area contributed by atoms with Crippen molar-refractivity contribution in [3.63, 3.8) is 0 Å². The van der Waals surface area contributed by atoms with Gasteiger partial charge in [-0.05, 0) is 70.9 Å². The van der Waals surface area contributed by atoms with Crippen molar-refractivity contribution in [1.82, 2.24) is 14.0 Å². The van der Waals surface area contributed by atoms with E-state index in [1.807, 2.05) is 6.07 Å². The molecule has 0 aliphatic carbocycles. The van der Waals surface area contributed by atoms with Gasteiger partial charge < -0.3 is 8.98 Å². The van der Waals surface area contributed by atoms with E-state index in [4.69, 9.17) is 9.40 Å². The van der Waals surface area contributed by atoms with Crippen molar-refractivity contribution in [1.29, 1.82) is 0 Å². The fraction of sp³-hybridized carbons (Fsp3) is 0. The summed E-state index contributed by atoms with van der Waals surface area (Å²) >= 11 is 0. The molecule has 4 heterocycles. The highest BCUT2D eigenvalue weighted by molar-refractivity contribution is 6.28. The molecule has 0 spiro atoms. The van der Waals surface area contributed by atoms with Crippen molar-refractivity contribution < 1.29 is 4.42 Å². The first-order valence-corrected chi connectivity index (χ1v) is 17.3. The molecule has 0 aliphatic rings. The van der Waals surface area contributed by atoms with Crippen LogP contribution in [0.4, 0.5) is 0 Å². The quantitative estimate of drug-likeness (QED) is 0.190. The van der Waals surface area contributed by atoms with Gasteiger partial charge in [-0.3, -0.25) is 4.40 Å². The van der Waals surface area contributed by atoms with Crippen LogP contribution in [0.5, 0.6) is 0 Å². The van der Waals surface area contributed by atoms with Crippen LogP contribution in [0, 0.1) is 0 Å². The second-order valence-corrected chi connectivity index (χ2v) is 13.2. The molecular weight excluding hydrogens is 623 g/mol. The lowest BCUT2D eigenvalue weighted by Crippen LogP contribution is -1.92. The summed E-state index contributed by atoms with van der Waals surface area (Å²) in [4.78, 5) is 5.09. The van der Waals surface area contributed by atoms with Crippen LogP contribution in [0.3, 0.4) is 0 Å². The molecule has 0 radical (unpaired) electrons. The van der Waals surface area contributed by atoms with Crippen molar-refractivity contribution in [3.8, 4) is 39.3 Å². The maximum Gasteiger partial charge on any atom is 0.143 e. The topological polar surface area (TPSA) is 35.4 Å². The molecule has 0 N–H and O–H groups in total. The summed E-state index contributed by atoms with van der Waals surface area (Å²) in [5.74, 6) is 0. The van der Waals surface area contributed by atoms with Gasteiger partial charge in [-0.2, -0.15) is 0 Å². The van der Waals surface area contributed by atoms with Crippen LogP contribution in [-0.4, -0.2) is 14.0 Å².